The molecule has 4 rings (SSSR count). The molecule has 33 heavy (non-hydrogen) atoms. The van der Waals surface area contributed by atoms with Crippen molar-refractivity contribution in [2.24, 2.45) is 5.10 Å². The summed E-state index contributed by atoms with van der Waals surface area (Å²) in [5.74, 6) is 0.522. The number of amides is 1. The normalized spacial score (nSPS) is 14.9. The van der Waals surface area contributed by atoms with Gasteiger partial charge in [0.25, 0.3) is 5.91 Å². The summed E-state index contributed by atoms with van der Waals surface area (Å²) in [6.07, 6.45) is 1.60. The minimum Gasteiger partial charge on any atom is -0.497 e. The third kappa shape index (κ3) is 6.75. The number of nitrogens with zero attached hydrogens (tertiary/aromatic N) is 3. The van der Waals surface area contributed by atoms with Gasteiger partial charge in [0.1, 0.15) is 5.75 Å². The lowest BCUT2D eigenvalue weighted by molar-refractivity contribution is 0.0955. The lowest BCUT2D eigenvalue weighted by Gasteiger charge is -2.34. The molecule has 0 radical (unpaired) electrons. The molecular weight excluding hydrogens is 412 g/mol. The highest BCUT2D eigenvalue weighted by atomic mass is 16.5. The Hall–Kier alpha value is -3.48. The second-order valence-corrected chi connectivity index (χ2v) is 8.21. The van der Waals surface area contributed by atoms with Crippen LogP contribution in [0.25, 0.3) is 0 Å². The highest BCUT2D eigenvalue weighted by Crippen LogP contribution is 2.13. The molecule has 0 unspecified atom stereocenters. The van der Waals surface area contributed by atoms with E-state index in [0.717, 1.165) is 50.6 Å². The zero-order valence-corrected chi connectivity index (χ0v) is 19.0. The van der Waals surface area contributed by atoms with Gasteiger partial charge in [-0.1, -0.05) is 54.6 Å². The third-order valence-corrected chi connectivity index (χ3v) is 5.81. The molecule has 1 heterocycles. The van der Waals surface area contributed by atoms with E-state index in [9.17, 15) is 4.79 Å². The number of carbonyl (C=O) groups excluding carboxylic acids is 1. The van der Waals surface area contributed by atoms with E-state index in [1.165, 1.54) is 11.1 Å². The van der Waals surface area contributed by atoms with Gasteiger partial charge in [0.15, 0.2) is 0 Å². The van der Waals surface area contributed by atoms with Gasteiger partial charge in [-0.25, -0.2) is 5.43 Å². The first-order valence-electron chi connectivity index (χ1n) is 11.2. The van der Waals surface area contributed by atoms with Crippen LogP contribution in [0.4, 0.5) is 0 Å². The van der Waals surface area contributed by atoms with Crippen LogP contribution in [0.2, 0.25) is 0 Å². The van der Waals surface area contributed by atoms with Crippen molar-refractivity contribution in [3.63, 3.8) is 0 Å². The van der Waals surface area contributed by atoms with Crippen LogP contribution in [0, 0.1) is 0 Å². The van der Waals surface area contributed by atoms with Crippen molar-refractivity contribution in [3.8, 4) is 5.75 Å². The van der Waals surface area contributed by atoms with E-state index in [1.807, 2.05) is 48.5 Å². The second-order valence-electron chi connectivity index (χ2n) is 8.21. The molecule has 6 nitrogen and oxygen atoms in total. The molecule has 0 aliphatic carbocycles. The fourth-order valence-electron chi connectivity index (χ4n) is 3.92. The first-order chi connectivity index (χ1) is 16.2. The monoisotopic (exact) mass is 442 g/mol. The van der Waals surface area contributed by atoms with Gasteiger partial charge in [-0.2, -0.15) is 5.10 Å². The molecule has 1 fully saturated rings. The molecule has 0 bridgehead atoms. The fraction of sp³-hybridized carbons (Fsp3) is 0.259. The van der Waals surface area contributed by atoms with Crippen LogP contribution in [0.15, 0.2) is 84.0 Å². The molecule has 1 aliphatic heterocycles. The second kappa shape index (κ2) is 11.4. The van der Waals surface area contributed by atoms with Crippen molar-refractivity contribution < 1.29 is 9.53 Å². The van der Waals surface area contributed by atoms with Crippen LogP contribution in [-0.2, 0) is 13.1 Å². The van der Waals surface area contributed by atoms with Gasteiger partial charge in [0, 0.05) is 44.8 Å². The number of carbonyl (C=O) groups is 1. The molecule has 0 atom stereocenters. The Morgan fingerprint density at radius 3 is 2.15 bits per heavy atom. The molecule has 1 amide bonds. The van der Waals surface area contributed by atoms with Crippen LogP contribution in [-0.4, -0.2) is 55.2 Å². The van der Waals surface area contributed by atoms with Gasteiger partial charge >= 0.3 is 0 Å². The molecular formula is C27H30N4O2. The number of nitrogens with one attached hydrogen (secondary N) is 1. The Labute approximate surface area is 195 Å². The summed E-state index contributed by atoms with van der Waals surface area (Å²) in [5, 5.41) is 4.05. The van der Waals surface area contributed by atoms with Gasteiger partial charge in [-0.05, 0) is 41.0 Å². The van der Waals surface area contributed by atoms with E-state index >= 15 is 0 Å². The van der Waals surface area contributed by atoms with E-state index in [-0.39, 0.29) is 5.91 Å². The highest BCUT2D eigenvalue weighted by molar-refractivity contribution is 5.94. The number of hydrazone groups is 1. The SMILES string of the molecule is COc1cccc(/C=N\NC(=O)c2ccc(CN3CCN(Cc4ccccc4)CC3)cc2)c1. The molecule has 0 aromatic heterocycles. The molecule has 170 valence electrons. The molecule has 3 aromatic carbocycles. The van der Waals surface area contributed by atoms with Gasteiger partial charge in [-0.3, -0.25) is 14.6 Å². The number of piperazine rings is 1. The standard InChI is InChI=1S/C27H30N4O2/c1-33-26-9-5-8-24(18-26)19-28-29-27(32)25-12-10-23(11-13-25)21-31-16-14-30(15-17-31)20-22-6-3-2-4-7-22/h2-13,18-19H,14-17,20-21H2,1H3,(H,29,32)/b28-19-. The molecule has 0 spiro atoms. The summed E-state index contributed by atoms with van der Waals surface area (Å²) < 4.78 is 5.19. The van der Waals surface area contributed by atoms with E-state index in [1.54, 1.807) is 13.3 Å². The Morgan fingerprint density at radius 2 is 1.52 bits per heavy atom. The Morgan fingerprint density at radius 1 is 0.879 bits per heavy atom. The molecule has 3 aromatic rings. The Balaban J connectivity index is 1.23. The maximum Gasteiger partial charge on any atom is 0.271 e. The molecule has 1 saturated heterocycles. The topological polar surface area (TPSA) is 57.2 Å². The maximum atomic E-state index is 12.4. The lowest BCUT2D eigenvalue weighted by Crippen LogP contribution is -2.45. The van der Waals surface area contributed by atoms with E-state index in [0.29, 0.717) is 5.56 Å². The molecule has 6 heteroatoms. The summed E-state index contributed by atoms with van der Waals surface area (Å²) in [6, 6.07) is 25.9. The summed E-state index contributed by atoms with van der Waals surface area (Å²) in [5.41, 5.74) is 6.61. The summed E-state index contributed by atoms with van der Waals surface area (Å²) in [6.45, 7) is 6.15. The predicted molar refractivity (Wildman–Crippen MR) is 131 cm³/mol. The summed E-state index contributed by atoms with van der Waals surface area (Å²) in [4.78, 5) is 17.4. The Bertz CT molecular complexity index is 1060. The van der Waals surface area contributed by atoms with Crippen LogP contribution >= 0.6 is 0 Å². The third-order valence-electron chi connectivity index (χ3n) is 5.81. The van der Waals surface area contributed by atoms with E-state index < -0.39 is 0 Å². The number of methoxy groups -OCH3 is 1. The van der Waals surface area contributed by atoms with Crippen molar-refractivity contribution in [1.29, 1.82) is 0 Å². The molecule has 0 saturated carbocycles. The molecule has 1 aliphatic rings. The average Bonchev–Trinajstić information content (AvgIpc) is 2.86. The number of rotatable bonds is 8. The zero-order chi connectivity index (χ0) is 22.9. The van der Waals surface area contributed by atoms with Crippen LogP contribution in [0.3, 0.4) is 0 Å². The van der Waals surface area contributed by atoms with Gasteiger partial charge in [0.2, 0.25) is 0 Å². The smallest absolute Gasteiger partial charge is 0.271 e. The fourth-order valence-corrected chi connectivity index (χ4v) is 3.92. The van der Waals surface area contributed by atoms with Crippen LogP contribution < -0.4 is 10.2 Å². The van der Waals surface area contributed by atoms with E-state index in [2.05, 4.69) is 50.7 Å². The van der Waals surface area contributed by atoms with Gasteiger partial charge in [-0.15, -0.1) is 0 Å². The van der Waals surface area contributed by atoms with Crippen LogP contribution in [0.1, 0.15) is 27.0 Å². The Kier molecular flexibility index (Phi) is 7.85. The van der Waals surface area contributed by atoms with Gasteiger partial charge < -0.3 is 4.74 Å². The minimum absolute atomic E-state index is 0.227. The first kappa shape index (κ1) is 22.7. The predicted octanol–water partition coefficient (Wildman–Crippen LogP) is 3.78. The maximum absolute atomic E-state index is 12.4. The van der Waals surface area contributed by atoms with Crippen molar-refractivity contribution >= 4 is 12.1 Å². The highest BCUT2D eigenvalue weighted by Gasteiger charge is 2.17. The zero-order valence-electron chi connectivity index (χ0n) is 19.0. The summed E-state index contributed by atoms with van der Waals surface area (Å²) in [7, 11) is 1.62. The number of benzene rings is 3. The van der Waals surface area contributed by atoms with Gasteiger partial charge in [0.05, 0.1) is 13.3 Å². The van der Waals surface area contributed by atoms with Crippen molar-refractivity contribution in [2.75, 3.05) is 33.3 Å². The minimum atomic E-state index is -0.227. The van der Waals surface area contributed by atoms with Crippen molar-refractivity contribution in [2.45, 2.75) is 13.1 Å². The van der Waals surface area contributed by atoms with Crippen molar-refractivity contribution in [1.82, 2.24) is 15.2 Å². The number of ether oxygens (including phenoxy) is 1. The number of hydrogen-bond acceptors (Lipinski definition) is 5. The van der Waals surface area contributed by atoms with E-state index in [4.69, 9.17) is 4.74 Å². The van der Waals surface area contributed by atoms with Crippen molar-refractivity contribution in [3.05, 3.63) is 101 Å². The van der Waals surface area contributed by atoms with Crippen LogP contribution in [0.5, 0.6) is 5.75 Å². The molecule has 1 N–H and O–H groups in total. The summed E-state index contributed by atoms with van der Waals surface area (Å²) >= 11 is 0. The number of hydrogen-bond donors (Lipinski definition) is 1. The average molecular weight is 443 g/mol. The lowest BCUT2D eigenvalue weighted by atomic mass is 10.1. The first-order valence-corrected chi connectivity index (χ1v) is 11.2. The quantitative estimate of drug-likeness (QED) is 0.426. The largest absolute Gasteiger partial charge is 0.497 e.